The first kappa shape index (κ1) is 14.2. The van der Waals surface area contributed by atoms with Gasteiger partial charge in [-0.25, -0.2) is 4.99 Å². The van der Waals surface area contributed by atoms with E-state index in [0.29, 0.717) is 5.17 Å². The maximum absolute atomic E-state index is 10.6. The van der Waals surface area contributed by atoms with E-state index < -0.39 is 4.92 Å². The zero-order chi connectivity index (χ0) is 10.6. The van der Waals surface area contributed by atoms with Crippen LogP contribution in [-0.2, 0) is 0 Å². The Morgan fingerprint density at radius 1 is 1.53 bits per heavy atom. The van der Waals surface area contributed by atoms with Crippen LogP contribution in [0.15, 0.2) is 29.3 Å². The van der Waals surface area contributed by atoms with Crippen molar-refractivity contribution in [1.82, 2.24) is 0 Å². The van der Waals surface area contributed by atoms with Crippen LogP contribution in [0.25, 0.3) is 0 Å². The molecular formula is C8H10IN3O2S. The van der Waals surface area contributed by atoms with Gasteiger partial charge in [0.1, 0.15) is 5.69 Å². The van der Waals surface area contributed by atoms with E-state index in [0.717, 1.165) is 0 Å². The number of benzene rings is 1. The Balaban J connectivity index is 0.00000196. The number of rotatable bonds is 2. The summed E-state index contributed by atoms with van der Waals surface area (Å²) in [5.41, 5.74) is 5.71. The van der Waals surface area contributed by atoms with Crippen LogP contribution in [0.5, 0.6) is 0 Å². The van der Waals surface area contributed by atoms with Gasteiger partial charge in [-0.05, 0) is 12.3 Å². The van der Waals surface area contributed by atoms with Crippen molar-refractivity contribution < 1.29 is 4.92 Å². The van der Waals surface area contributed by atoms with E-state index >= 15 is 0 Å². The molecule has 0 aliphatic carbocycles. The average Bonchev–Trinajstić information content (AvgIpc) is 2.18. The summed E-state index contributed by atoms with van der Waals surface area (Å²) in [6, 6.07) is 6.22. The Morgan fingerprint density at radius 3 is 2.67 bits per heavy atom. The highest BCUT2D eigenvalue weighted by atomic mass is 127. The summed E-state index contributed by atoms with van der Waals surface area (Å²) in [6.45, 7) is 0. The van der Waals surface area contributed by atoms with Crippen LogP contribution in [0.1, 0.15) is 0 Å². The van der Waals surface area contributed by atoms with Gasteiger partial charge in [-0.3, -0.25) is 10.1 Å². The molecule has 7 heteroatoms. The van der Waals surface area contributed by atoms with Crippen LogP contribution in [0, 0.1) is 10.1 Å². The van der Waals surface area contributed by atoms with Gasteiger partial charge in [0.2, 0.25) is 0 Å². The molecule has 0 saturated heterocycles. The molecule has 5 nitrogen and oxygen atoms in total. The first-order valence-electron chi connectivity index (χ1n) is 3.76. The summed E-state index contributed by atoms with van der Waals surface area (Å²) in [7, 11) is 0. The van der Waals surface area contributed by atoms with Gasteiger partial charge in [0, 0.05) is 6.07 Å². The second-order valence-electron chi connectivity index (χ2n) is 2.40. The van der Waals surface area contributed by atoms with E-state index in [4.69, 9.17) is 5.73 Å². The number of hydrogen-bond acceptors (Lipinski definition) is 4. The maximum Gasteiger partial charge on any atom is 0.294 e. The molecule has 0 aromatic heterocycles. The molecule has 2 N–H and O–H groups in total. The number of para-hydroxylation sites is 2. The predicted octanol–water partition coefficient (Wildman–Crippen LogP) is 2.52. The van der Waals surface area contributed by atoms with Crippen molar-refractivity contribution >= 4 is 52.3 Å². The van der Waals surface area contributed by atoms with Crippen molar-refractivity contribution in [2.24, 2.45) is 10.7 Å². The first-order valence-corrected chi connectivity index (χ1v) is 4.99. The fraction of sp³-hybridized carbons (Fsp3) is 0.125. The van der Waals surface area contributed by atoms with Crippen molar-refractivity contribution in [2.75, 3.05) is 6.26 Å². The summed E-state index contributed by atoms with van der Waals surface area (Å²) >= 11 is 1.25. The molecule has 0 bridgehead atoms. The average molecular weight is 339 g/mol. The molecule has 0 aliphatic rings. The van der Waals surface area contributed by atoms with E-state index in [1.54, 1.807) is 24.5 Å². The lowest BCUT2D eigenvalue weighted by molar-refractivity contribution is -0.384. The Bertz CT molecular complexity index is 384. The number of nitro benzene ring substituents is 1. The number of nitrogens with two attached hydrogens (primary N) is 1. The number of nitro groups is 1. The van der Waals surface area contributed by atoms with Crippen LogP contribution in [0.2, 0.25) is 0 Å². The predicted molar refractivity (Wildman–Crippen MR) is 73.3 cm³/mol. The fourth-order valence-corrected chi connectivity index (χ4v) is 1.07. The second kappa shape index (κ2) is 6.62. The highest BCUT2D eigenvalue weighted by Crippen LogP contribution is 2.26. The molecule has 0 fully saturated rings. The molecule has 0 heterocycles. The van der Waals surface area contributed by atoms with Crippen LogP contribution in [0.4, 0.5) is 11.4 Å². The Labute approximate surface area is 108 Å². The smallest absolute Gasteiger partial charge is 0.294 e. The Morgan fingerprint density at radius 2 is 2.13 bits per heavy atom. The normalized spacial score (nSPS) is 10.6. The third-order valence-corrected chi connectivity index (χ3v) is 2.03. The third-order valence-electron chi connectivity index (χ3n) is 1.52. The van der Waals surface area contributed by atoms with Crippen LogP contribution in [-0.4, -0.2) is 16.3 Å². The summed E-state index contributed by atoms with van der Waals surface area (Å²) < 4.78 is 0. The van der Waals surface area contributed by atoms with Gasteiger partial charge in [0.15, 0.2) is 5.17 Å². The molecular weight excluding hydrogens is 329 g/mol. The van der Waals surface area contributed by atoms with Gasteiger partial charge in [0.05, 0.1) is 4.92 Å². The highest BCUT2D eigenvalue weighted by molar-refractivity contribution is 14.0. The number of halogens is 1. The van der Waals surface area contributed by atoms with Crippen molar-refractivity contribution in [3.05, 3.63) is 34.4 Å². The molecule has 0 atom stereocenters. The lowest BCUT2D eigenvalue weighted by Gasteiger charge is -1.97. The van der Waals surface area contributed by atoms with Crippen LogP contribution in [0.3, 0.4) is 0 Å². The lowest BCUT2D eigenvalue weighted by Crippen LogP contribution is -2.04. The SMILES string of the molecule is CSC(N)=Nc1ccccc1[N+](=O)[O-].I. The van der Waals surface area contributed by atoms with Crippen LogP contribution >= 0.6 is 35.7 Å². The molecule has 1 aromatic rings. The molecule has 15 heavy (non-hydrogen) atoms. The molecule has 0 radical (unpaired) electrons. The van der Waals surface area contributed by atoms with Gasteiger partial charge in [0.25, 0.3) is 5.69 Å². The Kier molecular flexibility index (Phi) is 6.25. The first-order chi connectivity index (χ1) is 6.65. The summed E-state index contributed by atoms with van der Waals surface area (Å²) in [5, 5.41) is 10.9. The fourth-order valence-electron chi connectivity index (χ4n) is 0.877. The number of aliphatic imine (C=N–C) groups is 1. The number of hydrogen-bond donors (Lipinski definition) is 1. The second-order valence-corrected chi connectivity index (χ2v) is 3.23. The topological polar surface area (TPSA) is 81.5 Å². The quantitative estimate of drug-likeness (QED) is 0.295. The standard InChI is InChI=1S/C8H9N3O2S.HI/c1-14-8(9)10-6-4-2-3-5-7(6)11(12)13;/h2-5H,1H3,(H2,9,10);1H. The number of amidine groups is 1. The van der Waals surface area contributed by atoms with Gasteiger partial charge >= 0.3 is 0 Å². The van der Waals surface area contributed by atoms with E-state index in [-0.39, 0.29) is 35.4 Å². The highest BCUT2D eigenvalue weighted by Gasteiger charge is 2.11. The minimum atomic E-state index is -0.480. The van der Waals surface area contributed by atoms with Crippen molar-refractivity contribution in [3.8, 4) is 0 Å². The van der Waals surface area contributed by atoms with Crippen molar-refractivity contribution in [1.29, 1.82) is 0 Å². The van der Waals surface area contributed by atoms with Gasteiger partial charge in [-0.1, -0.05) is 23.9 Å². The monoisotopic (exact) mass is 339 g/mol. The molecule has 0 aliphatic heterocycles. The molecule has 82 valence electrons. The summed E-state index contributed by atoms with van der Waals surface area (Å²) in [5.74, 6) is 0. The molecule has 0 amide bonds. The third kappa shape index (κ3) is 4.04. The minimum Gasteiger partial charge on any atom is -0.378 e. The van der Waals surface area contributed by atoms with Gasteiger partial charge < -0.3 is 5.73 Å². The summed E-state index contributed by atoms with van der Waals surface area (Å²) in [6.07, 6.45) is 1.76. The number of thioether (sulfide) groups is 1. The Hall–Kier alpha value is -0.830. The molecule has 0 unspecified atom stereocenters. The minimum absolute atomic E-state index is 0. The zero-order valence-electron chi connectivity index (χ0n) is 7.91. The van der Waals surface area contributed by atoms with Crippen molar-refractivity contribution in [3.63, 3.8) is 0 Å². The van der Waals surface area contributed by atoms with Gasteiger partial charge in [-0.15, -0.1) is 24.0 Å². The number of nitrogens with zero attached hydrogens (tertiary/aromatic N) is 2. The molecule has 0 saturated carbocycles. The lowest BCUT2D eigenvalue weighted by atomic mass is 10.3. The molecule has 1 rings (SSSR count). The van der Waals surface area contributed by atoms with Crippen molar-refractivity contribution in [2.45, 2.75) is 0 Å². The van der Waals surface area contributed by atoms with E-state index in [9.17, 15) is 10.1 Å². The van der Waals surface area contributed by atoms with E-state index in [1.807, 2.05) is 0 Å². The summed E-state index contributed by atoms with van der Waals surface area (Å²) in [4.78, 5) is 14.0. The van der Waals surface area contributed by atoms with E-state index in [1.165, 1.54) is 17.8 Å². The maximum atomic E-state index is 10.6. The van der Waals surface area contributed by atoms with Crippen LogP contribution < -0.4 is 5.73 Å². The molecule has 1 aromatic carbocycles. The van der Waals surface area contributed by atoms with Gasteiger partial charge in [-0.2, -0.15) is 0 Å². The molecule has 0 spiro atoms. The zero-order valence-corrected chi connectivity index (χ0v) is 11.1. The largest absolute Gasteiger partial charge is 0.378 e. The van der Waals surface area contributed by atoms with E-state index in [2.05, 4.69) is 4.99 Å².